The summed E-state index contributed by atoms with van der Waals surface area (Å²) >= 11 is 5.88. The quantitative estimate of drug-likeness (QED) is 0.335. The predicted octanol–water partition coefficient (Wildman–Crippen LogP) is 5.59. The number of rotatable bonds is 9. The number of halogens is 1. The van der Waals surface area contributed by atoms with E-state index in [4.69, 9.17) is 25.8 Å². The van der Waals surface area contributed by atoms with E-state index in [1.165, 1.54) is 6.92 Å². The maximum Gasteiger partial charge on any atom is 0.338 e. The van der Waals surface area contributed by atoms with Gasteiger partial charge >= 0.3 is 5.97 Å². The zero-order valence-electron chi connectivity index (χ0n) is 17.7. The number of carbonyl (C=O) groups excluding carboxylic acids is 2. The van der Waals surface area contributed by atoms with Gasteiger partial charge < -0.3 is 19.3 Å². The highest BCUT2D eigenvalue weighted by molar-refractivity contribution is 6.30. The van der Waals surface area contributed by atoms with Gasteiger partial charge in [-0.3, -0.25) is 4.79 Å². The molecule has 0 heterocycles. The number of ether oxygens (including phenoxy) is 3. The fourth-order valence-corrected chi connectivity index (χ4v) is 3.14. The van der Waals surface area contributed by atoms with Gasteiger partial charge in [-0.25, -0.2) is 4.79 Å². The van der Waals surface area contributed by atoms with Crippen molar-refractivity contribution in [1.82, 2.24) is 0 Å². The summed E-state index contributed by atoms with van der Waals surface area (Å²) in [5, 5.41) is 11.0. The van der Waals surface area contributed by atoms with Crippen molar-refractivity contribution in [3.05, 3.63) is 82.9 Å². The van der Waals surface area contributed by atoms with Gasteiger partial charge in [-0.2, -0.15) is 0 Å². The van der Waals surface area contributed by atoms with Crippen molar-refractivity contribution in [2.24, 2.45) is 0 Å². The molecule has 0 radical (unpaired) electrons. The van der Waals surface area contributed by atoms with E-state index in [0.29, 0.717) is 45.4 Å². The third-order valence-electron chi connectivity index (χ3n) is 4.55. The molecular weight excluding hydrogens is 432 g/mol. The molecule has 0 aliphatic heterocycles. The second-order valence-corrected chi connectivity index (χ2v) is 7.73. The Morgan fingerprint density at radius 3 is 2.38 bits per heavy atom. The summed E-state index contributed by atoms with van der Waals surface area (Å²) in [6.07, 6.45) is 0.733. The van der Waals surface area contributed by atoms with Crippen LogP contribution in [0.5, 0.6) is 23.0 Å². The topological polar surface area (TPSA) is 82.1 Å². The molecule has 166 valence electrons. The number of benzene rings is 3. The van der Waals surface area contributed by atoms with Crippen LogP contribution in [-0.2, 0) is 16.0 Å². The lowest BCUT2D eigenvalue weighted by molar-refractivity contribution is -0.163. The Balaban J connectivity index is 1.75. The van der Waals surface area contributed by atoms with Gasteiger partial charge in [0, 0.05) is 11.4 Å². The Kier molecular flexibility index (Phi) is 7.51. The zero-order chi connectivity index (χ0) is 23.1. The van der Waals surface area contributed by atoms with Crippen LogP contribution >= 0.6 is 11.6 Å². The van der Waals surface area contributed by atoms with Crippen molar-refractivity contribution in [2.75, 3.05) is 6.61 Å². The van der Waals surface area contributed by atoms with Crippen LogP contribution in [-0.4, -0.2) is 29.6 Å². The molecule has 0 saturated carbocycles. The van der Waals surface area contributed by atoms with Gasteiger partial charge in [0.1, 0.15) is 23.0 Å². The summed E-state index contributed by atoms with van der Waals surface area (Å²) in [5.74, 6) is 1.17. The van der Waals surface area contributed by atoms with E-state index in [0.717, 1.165) is 0 Å². The van der Waals surface area contributed by atoms with E-state index in [1.807, 2.05) is 0 Å². The Bertz CT molecular complexity index is 1090. The lowest BCUT2D eigenvalue weighted by Crippen LogP contribution is -2.39. The summed E-state index contributed by atoms with van der Waals surface area (Å²) in [6, 6.07) is 18.7. The molecule has 6 nitrogen and oxygen atoms in total. The molecule has 1 N–H and O–H groups in total. The summed E-state index contributed by atoms with van der Waals surface area (Å²) in [7, 11) is 0. The number of hydrogen-bond donors (Lipinski definition) is 1. The molecule has 0 fully saturated rings. The first-order chi connectivity index (χ1) is 15.3. The first kappa shape index (κ1) is 23.3. The SMILES string of the molecule is CCOC(=O)[C@@](C)(O)Cc1cccc(Oc2ccc(Oc3ccc(Cl)cc3)cc2C=O)c1. The van der Waals surface area contributed by atoms with Crippen molar-refractivity contribution in [1.29, 1.82) is 0 Å². The van der Waals surface area contributed by atoms with Crippen LogP contribution in [0.1, 0.15) is 29.8 Å². The number of aliphatic hydroxyl groups is 1. The van der Waals surface area contributed by atoms with Crippen molar-refractivity contribution < 1.29 is 28.9 Å². The van der Waals surface area contributed by atoms with Crippen molar-refractivity contribution in [3.8, 4) is 23.0 Å². The van der Waals surface area contributed by atoms with Crippen molar-refractivity contribution in [3.63, 3.8) is 0 Å². The third kappa shape index (κ3) is 6.09. The fraction of sp³-hybridized carbons (Fsp3) is 0.200. The molecule has 1 atom stereocenters. The van der Waals surface area contributed by atoms with Crippen LogP contribution in [0.3, 0.4) is 0 Å². The van der Waals surface area contributed by atoms with Gasteiger partial charge in [0.25, 0.3) is 0 Å². The Morgan fingerprint density at radius 1 is 1.00 bits per heavy atom. The van der Waals surface area contributed by atoms with Gasteiger partial charge in [0.2, 0.25) is 0 Å². The maximum absolute atomic E-state index is 11.9. The van der Waals surface area contributed by atoms with E-state index >= 15 is 0 Å². The van der Waals surface area contributed by atoms with Crippen molar-refractivity contribution >= 4 is 23.9 Å². The smallest absolute Gasteiger partial charge is 0.338 e. The standard InChI is InChI=1S/C25H23ClO6/c1-3-30-24(28)25(2,29)15-17-5-4-6-21(13-17)32-23-12-11-22(14-18(23)16-27)31-20-9-7-19(26)8-10-20/h4-14,16,29H,3,15H2,1-2H3/t25-/m0/s1. The number of carbonyl (C=O) groups is 2. The minimum absolute atomic E-state index is 0.0530. The second-order valence-electron chi connectivity index (χ2n) is 7.29. The van der Waals surface area contributed by atoms with Gasteiger partial charge in [0.05, 0.1) is 12.2 Å². The first-order valence-corrected chi connectivity index (χ1v) is 10.4. The number of aldehydes is 1. The van der Waals surface area contributed by atoms with Gasteiger partial charge in [-0.05, 0) is 74.0 Å². The normalized spacial score (nSPS) is 12.5. The van der Waals surface area contributed by atoms with E-state index < -0.39 is 11.6 Å². The third-order valence-corrected chi connectivity index (χ3v) is 4.80. The van der Waals surface area contributed by atoms with Crippen LogP contribution < -0.4 is 9.47 Å². The predicted molar refractivity (Wildman–Crippen MR) is 121 cm³/mol. The lowest BCUT2D eigenvalue weighted by atomic mass is 9.96. The number of hydrogen-bond acceptors (Lipinski definition) is 6. The zero-order valence-corrected chi connectivity index (χ0v) is 18.5. The highest BCUT2D eigenvalue weighted by atomic mass is 35.5. The Hall–Kier alpha value is -3.35. The minimum atomic E-state index is -1.66. The van der Waals surface area contributed by atoms with Gasteiger partial charge in [-0.1, -0.05) is 23.7 Å². The molecule has 32 heavy (non-hydrogen) atoms. The van der Waals surface area contributed by atoms with E-state index in [9.17, 15) is 14.7 Å². The second kappa shape index (κ2) is 10.3. The van der Waals surface area contributed by atoms with Crippen LogP contribution in [0.2, 0.25) is 5.02 Å². The molecule has 3 aromatic carbocycles. The van der Waals surface area contributed by atoms with E-state index in [-0.39, 0.29) is 13.0 Å². The Morgan fingerprint density at radius 2 is 1.69 bits per heavy atom. The largest absolute Gasteiger partial charge is 0.464 e. The van der Waals surface area contributed by atoms with Crippen molar-refractivity contribution in [2.45, 2.75) is 25.9 Å². The van der Waals surface area contributed by atoms with Crippen LogP contribution in [0.15, 0.2) is 66.7 Å². The Labute approximate surface area is 191 Å². The molecule has 0 aromatic heterocycles. The molecule has 0 unspecified atom stereocenters. The van der Waals surface area contributed by atoms with Gasteiger partial charge in [0.15, 0.2) is 11.9 Å². The molecule has 0 saturated heterocycles. The lowest BCUT2D eigenvalue weighted by Gasteiger charge is -2.21. The molecule has 0 spiro atoms. The molecule has 0 aliphatic carbocycles. The van der Waals surface area contributed by atoms with Gasteiger partial charge in [-0.15, -0.1) is 0 Å². The van der Waals surface area contributed by atoms with Crippen LogP contribution in [0.25, 0.3) is 0 Å². The monoisotopic (exact) mass is 454 g/mol. The molecule has 0 amide bonds. The molecule has 3 aromatic rings. The van der Waals surface area contributed by atoms with Crippen LogP contribution in [0, 0.1) is 0 Å². The average Bonchev–Trinajstić information content (AvgIpc) is 2.76. The maximum atomic E-state index is 11.9. The highest BCUT2D eigenvalue weighted by Crippen LogP contribution is 2.31. The summed E-state index contributed by atoms with van der Waals surface area (Å²) in [6.45, 7) is 3.27. The minimum Gasteiger partial charge on any atom is -0.464 e. The van der Waals surface area contributed by atoms with Crippen LogP contribution in [0.4, 0.5) is 0 Å². The first-order valence-electron chi connectivity index (χ1n) is 10.00. The highest BCUT2D eigenvalue weighted by Gasteiger charge is 2.32. The molecule has 0 bridgehead atoms. The molecule has 0 aliphatic rings. The fourth-order valence-electron chi connectivity index (χ4n) is 3.02. The molecule has 7 heteroatoms. The average molecular weight is 455 g/mol. The summed E-state index contributed by atoms with van der Waals surface area (Å²) in [5.41, 5.74) is -0.681. The molecule has 3 rings (SSSR count). The molecular formula is C25H23ClO6. The van der Waals surface area contributed by atoms with E-state index in [1.54, 1.807) is 73.7 Å². The summed E-state index contributed by atoms with van der Waals surface area (Å²) < 4.78 is 16.6. The number of esters is 1. The van der Waals surface area contributed by atoms with E-state index in [2.05, 4.69) is 0 Å². The summed E-state index contributed by atoms with van der Waals surface area (Å²) in [4.78, 5) is 23.6.